The van der Waals surface area contributed by atoms with Crippen LogP contribution in [0.2, 0.25) is 0 Å². The smallest absolute Gasteiger partial charge is 0.325 e. The number of anilines is 2. The first-order valence-electron chi connectivity index (χ1n) is 9.41. The fourth-order valence-corrected chi connectivity index (χ4v) is 3.63. The minimum Gasteiger partial charge on any atom is -0.495 e. The minimum absolute atomic E-state index is 0.108. The quantitative estimate of drug-likeness (QED) is 0.519. The zero-order valence-corrected chi connectivity index (χ0v) is 17.5. The number of fused-ring (bicyclic) bond motifs is 1. The summed E-state index contributed by atoms with van der Waals surface area (Å²) in [6, 6.07) is 12.2. The zero-order valence-electron chi connectivity index (χ0n) is 16.6. The highest BCUT2D eigenvalue weighted by Crippen LogP contribution is 2.32. The predicted molar refractivity (Wildman–Crippen MR) is 116 cm³/mol. The van der Waals surface area contributed by atoms with Crippen LogP contribution in [0.15, 0.2) is 47.8 Å². The molecule has 0 saturated heterocycles. The first-order valence-corrected chi connectivity index (χ1v) is 10.3. The summed E-state index contributed by atoms with van der Waals surface area (Å²) in [6.07, 6.45) is 0.108. The third kappa shape index (κ3) is 5.23. The molecule has 9 nitrogen and oxygen atoms in total. The molecule has 0 aliphatic carbocycles. The molecule has 1 aromatic heterocycles. The van der Waals surface area contributed by atoms with E-state index in [4.69, 9.17) is 14.2 Å². The molecule has 0 atom stereocenters. The average molecular weight is 440 g/mol. The van der Waals surface area contributed by atoms with Gasteiger partial charge in [0.2, 0.25) is 12.7 Å². The Bertz CT molecular complexity index is 1100. The molecule has 0 unspecified atom stereocenters. The van der Waals surface area contributed by atoms with E-state index in [9.17, 15) is 9.59 Å². The Morgan fingerprint density at radius 3 is 2.84 bits per heavy atom. The van der Waals surface area contributed by atoms with Gasteiger partial charge in [-0.2, -0.15) is 0 Å². The molecule has 1 aliphatic heterocycles. The van der Waals surface area contributed by atoms with Gasteiger partial charge in [-0.15, -0.1) is 11.3 Å². The summed E-state index contributed by atoms with van der Waals surface area (Å²) >= 11 is 1.24. The van der Waals surface area contributed by atoms with Crippen molar-refractivity contribution in [2.75, 3.05) is 24.5 Å². The lowest BCUT2D eigenvalue weighted by Crippen LogP contribution is -2.24. The molecule has 0 radical (unpaired) electrons. The van der Waals surface area contributed by atoms with Gasteiger partial charge in [-0.1, -0.05) is 18.2 Å². The van der Waals surface area contributed by atoms with Crippen molar-refractivity contribution in [2.45, 2.75) is 13.0 Å². The predicted octanol–water partition coefficient (Wildman–Crippen LogP) is 3.38. The SMILES string of the molecule is COc1ccccc1NC(=O)Nc1nc(CC(=O)NCc2ccc3c(c2)OCO3)cs1. The van der Waals surface area contributed by atoms with E-state index in [1.807, 2.05) is 24.3 Å². The van der Waals surface area contributed by atoms with Crippen molar-refractivity contribution in [3.63, 3.8) is 0 Å². The molecule has 2 heterocycles. The molecule has 0 fully saturated rings. The maximum Gasteiger partial charge on any atom is 0.325 e. The van der Waals surface area contributed by atoms with Gasteiger partial charge in [-0.3, -0.25) is 10.1 Å². The van der Waals surface area contributed by atoms with Crippen LogP contribution >= 0.6 is 11.3 Å². The second-order valence-corrected chi connectivity index (χ2v) is 7.42. The van der Waals surface area contributed by atoms with E-state index in [2.05, 4.69) is 20.9 Å². The number of benzene rings is 2. The highest BCUT2D eigenvalue weighted by atomic mass is 32.1. The number of hydrogen-bond acceptors (Lipinski definition) is 7. The van der Waals surface area contributed by atoms with Crippen molar-refractivity contribution in [3.8, 4) is 17.2 Å². The lowest BCUT2D eigenvalue weighted by atomic mass is 10.2. The van der Waals surface area contributed by atoms with E-state index < -0.39 is 6.03 Å². The largest absolute Gasteiger partial charge is 0.495 e. The maximum atomic E-state index is 12.2. The normalized spacial score (nSPS) is 11.6. The molecule has 160 valence electrons. The Morgan fingerprint density at radius 2 is 1.97 bits per heavy atom. The van der Waals surface area contributed by atoms with Gasteiger partial charge in [0.05, 0.1) is 24.9 Å². The number of hydrogen-bond donors (Lipinski definition) is 3. The highest BCUT2D eigenvalue weighted by molar-refractivity contribution is 7.14. The standard InChI is InChI=1S/C21H20N4O5S/c1-28-16-5-3-2-4-15(16)24-20(27)25-21-23-14(11-31-21)9-19(26)22-10-13-6-7-17-18(8-13)30-12-29-17/h2-8,11H,9-10,12H2,1H3,(H,22,26)(H2,23,24,25,27). The number of thiazole rings is 1. The molecule has 31 heavy (non-hydrogen) atoms. The van der Waals surface area contributed by atoms with Crippen LogP contribution in [0.4, 0.5) is 15.6 Å². The van der Waals surface area contributed by atoms with E-state index in [-0.39, 0.29) is 19.1 Å². The number of nitrogens with one attached hydrogen (secondary N) is 3. The lowest BCUT2D eigenvalue weighted by Gasteiger charge is -2.09. The van der Waals surface area contributed by atoms with Gasteiger partial charge < -0.3 is 24.8 Å². The maximum absolute atomic E-state index is 12.2. The topological polar surface area (TPSA) is 111 Å². The average Bonchev–Trinajstić information content (AvgIpc) is 3.41. The fraction of sp³-hybridized carbons (Fsp3) is 0.190. The molecule has 10 heteroatoms. The summed E-state index contributed by atoms with van der Waals surface area (Å²) in [6.45, 7) is 0.578. The monoisotopic (exact) mass is 440 g/mol. The van der Waals surface area contributed by atoms with E-state index in [1.54, 1.807) is 23.6 Å². The van der Waals surface area contributed by atoms with Crippen LogP contribution in [-0.2, 0) is 17.8 Å². The Labute approximate surface area is 182 Å². The first kappa shape index (κ1) is 20.5. The van der Waals surface area contributed by atoms with Crippen molar-refractivity contribution in [3.05, 3.63) is 59.1 Å². The number of aromatic nitrogens is 1. The lowest BCUT2D eigenvalue weighted by molar-refractivity contribution is -0.120. The molecule has 0 bridgehead atoms. The number of rotatable bonds is 7. The van der Waals surface area contributed by atoms with Crippen LogP contribution in [0.3, 0.4) is 0 Å². The summed E-state index contributed by atoms with van der Waals surface area (Å²) < 4.78 is 15.8. The van der Waals surface area contributed by atoms with Gasteiger partial charge in [-0.25, -0.2) is 9.78 Å². The summed E-state index contributed by atoms with van der Waals surface area (Å²) in [4.78, 5) is 28.8. The summed E-state index contributed by atoms with van der Waals surface area (Å²) in [7, 11) is 1.53. The highest BCUT2D eigenvalue weighted by Gasteiger charge is 2.14. The summed E-state index contributed by atoms with van der Waals surface area (Å²) in [5.41, 5.74) is 2.02. The van der Waals surface area contributed by atoms with Gasteiger partial charge in [-0.05, 0) is 29.8 Å². The number of amides is 3. The summed E-state index contributed by atoms with van der Waals surface area (Å²) in [5.74, 6) is 1.75. The fourth-order valence-electron chi connectivity index (χ4n) is 2.92. The zero-order chi connectivity index (χ0) is 21.6. The number of nitrogens with zero attached hydrogens (tertiary/aromatic N) is 1. The molecule has 0 spiro atoms. The molecule has 4 rings (SSSR count). The number of para-hydroxylation sites is 2. The van der Waals surface area contributed by atoms with Gasteiger partial charge in [0, 0.05) is 11.9 Å². The first-order chi connectivity index (χ1) is 15.1. The van der Waals surface area contributed by atoms with Crippen LogP contribution in [0.25, 0.3) is 0 Å². The summed E-state index contributed by atoms with van der Waals surface area (Å²) in [5, 5.41) is 10.3. The molecule has 2 aromatic carbocycles. The van der Waals surface area contributed by atoms with Crippen molar-refractivity contribution in [1.29, 1.82) is 0 Å². The molecule has 0 saturated carbocycles. The van der Waals surface area contributed by atoms with Crippen LogP contribution in [0, 0.1) is 0 Å². The Kier molecular flexibility index (Phi) is 6.18. The Hall–Kier alpha value is -3.79. The number of carbonyl (C=O) groups is 2. The molecule has 3 aromatic rings. The second-order valence-electron chi connectivity index (χ2n) is 6.56. The number of methoxy groups -OCH3 is 1. The van der Waals surface area contributed by atoms with Crippen molar-refractivity contribution in [2.24, 2.45) is 0 Å². The van der Waals surface area contributed by atoms with Crippen LogP contribution in [0.5, 0.6) is 17.2 Å². The third-order valence-electron chi connectivity index (χ3n) is 4.40. The van der Waals surface area contributed by atoms with E-state index in [0.29, 0.717) is 40.3 Å². The Balaban J connectivity index is 1.26. The van der Waals surface area contributed by atoms with Crippen LogP contribution in [-0.4, -0.2) is 30.8 Å². The molecular weight excluding hydrogens is 420 g/mol. The molecule has 3 N–H and O–H groups in total. The van der Waals surface area contributed by atoms with E-state index >= 15 is 0 Å². The Morgan fingerprint density at radius 1 is 1.13 bits per heavy atom. The minimum atomic E-state index is -0.447. The van der Waals surface area contributed by atoms with Crippen LogP contribution < -0.4 is 30.2 Å². The number of carbonyl (C=O) groups excluding carboxylic acids is 2. The second kappa shape index (κ2) is 9.35. The molecule has 1 aliphatic rings. The van der Waals surface area contributed by atoms with Gasteiger partial charge >= 0.3 is 6.03 Å². The van der Waals surface area contributed by atoms with Crippen molar-refractivity contribution < 1.29 is 23.8 Å². The molecule has 3 amide bonds. The number of urea groups is 1. The van der Waals surface area contributed by atoms with Gasteiger partial charge in [0.15, 0.2) is 16.6 Å². The van der Waals surface area contributed by atoms with Crippen LogP contribution in [0.1, 0.15) is 11.3 Å². The van der Waals surface area contributed by atoms with Crippen molar-refractivity contribution in [1.82, 2.24) is 10.3 Å². The van der Waals surface area contributed by atoms with Crippen molar-refractivity contribution >= 4 is 34.1 Å². The molecular formula is C21H20N4O5S. The van der Waals surface area contributed by atoms with Gasteiger partial charge in [0.1, 0.15) is 5.75 Å². The van der Waals surface area contributed by atoms with Gasteiger partial charge in [0.25, 0.3) is 0 Å². The van der Waals surface area contributed by atoms with E-state index in [0.717, 1.165) is 5.56 Å². The van der Waals surface area contributed by atoms with E-state index in [1.165, 1.54) is 18.4 Å². The number of ether oxygens (including phenoxy) is 3. The third-order valence-corrected chi connectivity index (χ3v) is 5.20.